The highest BCUT2D eigenvalue weighted by Gasteiger charge is 2.08. The molecule has 1 atom stereocenters. The molecule has 0 aliphatic carbocycles. The number of rotatable bonds is 7. The molecule has 0 radical (unpaired) electrons. The van der Waals surface area contributed by atoms with E-state index in [2.05, 4.69) is 12.2 Å². The number of hydrogen-bond acceptors (Lipinski definition) is 5. The monoisotopic (exact) mass is 292 g/mol. The Morgan fingerprint density at radius 1 is 1.40 bits per heavy atom. The Kier molecular flexibility index (Phi) is 5.26. The lowest BCUT2D eigenvalue weighted by atomic mass is 10.2. The Balaban J connectivity index is 1.95. The van der Waals surface area contributed by atoms with Crippen molar-refractivity contribution in [2.75, 3.05) is 24.2 Å². The number of aliphatic hydroxyl groups is 1. The molecule has 0 saturated heterocycles. The second kappa shape index (κ2) is 7.17. The van der Waals surface area contributed by atoms with Crippen LogP contribution in [0, 0.1) is 0 Å². The molecular weight excluding hydrogens is 272 g/mol. The molecule has 2 aromatic rings. The van der Waals surface area contributed by atoms with Gasteiger partial charge in [0.05, 0.1) is 18.4 Å². The Labute approximate surface area is 123 Å². The van der Waals surface area contributed by atoms with Gasteiger partial charge < -0.3 is 20.9 Å². The van der Waals surface area contributed by atoms with E-state index in [0.717, 1.165) is 17.7 Å². The van der Waals surface area contributed by atoms with Gasteiger partial charge in [-0.05, 0) is 40.9 Å². The van der Waals surface area contributed by atoms with Crippen LogP contribution in [0.1, 0.15) is 25.0 Å². The zero-order valence-corrected chi connectivity index (χ0v) is 12.3. The number of benzene rings is 1. The molecule has 0 bridgehead atoms. The van der Waals surface area contributed by atoms with Gasteiger partial charge in [0.2, 0.25) is 0 Å². The normalized spacial score (nSPS) is 12.1. The van der Waals surface area contributed by atoms with Gasteiger partial charge in [0.1, 0.15) is 5.75 Å². The molecule has 20 heavy (non-hydrogen) atoms. The van der Waals surface area contributed by atoms with Crippen molar-refractivity contribution in [2.45, 2.75) is 19.4 Å². The number of nitrogens with two attached hydrogens (primary N) is 1. The molecule has 2 rings (SSSR count). The summed E-state index contributed by atoms with van der Waals surface area (Å²) >= 11 is 1.58. The van der Waals surface area contributed by atoms with Gasteiger partial charge in [-0.3, -0.25) is 0 Å². The topological polar surface area (TPSA) is 67.5 Å². The van der Waals surface area contributed by atoms with Crippen LogP contribution < -0.4 is 15.8 Å². The van der Waals surface area contributed by atoms with E-state index in [0.29, 0.717) is 24.6 Å². The Bertz CT molecular complexity index is 529. The third kappa shape index (κ3) is 3.88. The fourth-order valence-electron chi connectivity index (χ4n) is 1.78. The summed E-state index contributed by atoms with van der Waals surface area (Å²) in [6.07, 6.45) is 0.423. The molecule has 108 valence electrons. The van der Waals surface area contributed by atoms with Gasteiger partial charge >= 0.3 is 0 Å². The average Bonchev–Trinajstić information content (AvgIpc) is 2.99. The molecule has 0 aliphatic rings. The number of nitrogens with one attached hydrogen (secondary N) is 1. The molecule has 1 aromatic heterocycles. The summed E-state index contributed by atoms with van der Waals surface area (Å²) in [5, 5.41) is 17.1. The van der Waals surface area contributed by atoms with Crippen LogP contribution in [0.4, 0.5) is 11.4 Å². The summed E-state index contributed by atoms with van der Waals surface area (Å²) in [6, 6.07) is 7.49. The second-order valence-electron chi connectivity index (χ2n) is 4.55. The predicted octanol–water partition coefficient (Wildman–Crippen LogP) is 3.26. The number of ether oxygens (including phenoxy) is 1. The van der Waals surface area contributed by atoms with Crippen LogP contribution >= 0.6 is 11.3 Å². The molecule has 1 aromatic carbocycles. The summed E-state index contributed by atoms with van der Waals surface area (Å²) in [5.41, 5.74) is 8.31. The van der Waals surface area contributed by atoms with Crippen molar-refractivity contribution in [3.63, 3.8) is 0 Å². The number of aliphatic hydroxyl groups excluding tert-OH is 1. The van der Waals surface area contributed by atoms with Crippen LogP contribution in [-0.2, 0) is 0 Å². The largest absolute Gasteiger partial charge is 0.491 e. The summed E-state index contributed by atoms with van der Waals surface area (Å²) in [4.78, 5) is 0. The van der Waals surface area contributed by atoms with Crippen molar-refractivity contribution in [1.29, 1.82) is 0 Å². The first-order valence-corrected chi connectivity index (χ1v) is 7.61. The molecule has 1 unspecified atom stereocenters. The van der Waals surface area contributed by atoms with E-state index in [1.165, 1.54) is 0 Å². The van der Waals surface area contributed by atoms with E-state index in [4.69, 9.17) is 10.5 Å². The molecule has 4 nitrogen and oxygen atoms in total. The third-order valence-corrected chi connectivity index (χ3v) is 3.60. The van der Waals surface area contributed by atoms with E-state index in [1.54, 1.807) is 11.3 Å². The van der Waals surface area contributed by atoms with Crippen molar-refractivity contribution in [3.8, 4) is 5.75 Å². The Morgan fingerprint density at radius 3 is 2.95 bits per heavy atom. The van der Waals surface area contributed by atoms with E-state index < -0.39 is 6.10 Å². The molecular formula is C15H20N2O2S. The van der Waals surface area contributed by atoms with Gasteiger partial charge in [0.15, 0.2) is 0 Å². The Hall–Kier alpha value is -1.72. The highest BCUT2D eigenvalue weighted by Crippen LogP contribution is 2.26. The van der Waals surface area contributed by atoms with Gasteiger partial charge in [-0.25, -0.2) is 0 Å². The van der Waals surface area contributed by atoms with Crippen LogP contribution in [-0.4, -0.2) is 18.3 Å². The number of hydrogen-bond donors (Lipinski definition) is 3. The summed E-state index contributed by atoms with van der Waals surface area (Å²) in [5.74, 6) is 0.682. The van der Waals surface area contributed by atoms with Crippen molar-refractivity contribution >= 4 is 22.7 Å². The minimum absolute atomic E-state index is 0.452. The first-order chi connectivity index (χ1) is 9.70. The molecule has 0 amide bonds. The molecule has 0 aliphatic heterocycles. The van der Waals surface area contributed by atoms with E-state index in [9.17, 15) is 5.11 Å². The summed E-state index contributed by atoms with van der Waals surface area (Å²) in [6.45, 7) is 3.15. The summed E-state index contributed by atoms with van der Waals surface area (Å²) < 4.78 is 5.58. The molecule has 1 heterocycles. The number of anilines is 2. The van der Waals surface area contributed by atoms with Crippen molar-refractivity contribution in [3.05, 3.63) is 40.6 Å². The standard InChI is InChI=1S/C15H20N2O2S/c1-2-6-19-15-8-12(3-4-13(15)16)17-9-14(18)11-5-7-20-10-11/h3-5,7-8,10,14,17-18H,2,6,9,16H2,1H3. The first-order valence-electron chi connectivity index (χ1n) is 6.67. The van der Waals surface area contributed by atoms with Crippen molar-refractivity contribution < 1.29 is 9.84 Å². The average molecular weight is 292 g/mol. The van der Waals surface area contributed by atoms with Crippen LogP contribution in [0.2, 0.25) is 0 Å². The van der Waals surface area contributed by atoms with Gasteiger partial charge in [0, 0.05) is 18.3 Å². The van der Waals surface area contributed by atoms with Crippen LogP contribution in [0.3, 0.4) is 0 Å². The van der Waals surface area contributed by atoms with Crippen LogP contribution in [0.15, 0.2) is 35.0 Å². The molecule has 0 fully saturated rings. The first kappa shape index (κ1) is 14.7. The fraction of sp³-hybridized carbons (Fsp3) is 0.333. The van der Waals surface area contributed by atoms with E-state index >= 15 is 0 Å². The summed E-state index contributed by atoms with van der Waals surface area (Å²) in [7, 11) is 0. The van der Waals surface area contributed by atoms with E-state index in [-0.39, 0.29) is 0 Å². The lowest BCUT2D eigenvalue weighted by Crippen LogP contribution is -2.11. The SMILES string of the molecule is CCCOc1cc(NCC(O)c2ccsc2)ccc1N. The lowest BCUT2D eigenvalue weighted by molar-refractivity contribution is 0.192. The smallest absolute Gasteiger partial charge is 0.144 e. The Morgan fingerprint density at radius 2 is 2.25 bits per heavy atom. The van der Waals surface area contributed by atoms with Gasteiger partial charge in [-0.1, -0.05) is 6.92 Å². The minimum Gasteiger partial charge on any atom is -0.491 e. The van der Waals surface area contributed by atoms with Crippen molar-refractivity contribution in [2.24, 2.45) is 0 Å². The number of thiophene rings is 1. The number of nitrogen functional groups attached to an aromatic ring is 1. The highest BCUT2D eigenvalue weighted by molar-refractivity contribution is 7.07. The van der Waals surface area contributed by atoms with E-state index in [1.807, 2.05) is 35.0 Å². The quantitative estimate of drug-likeness (QED) is 0.685. The molecule has 0 saturated carbocycles. The zero-order valence-electron chi connectivity index (χ0n) is 11.5. The molecule has 0 spiro atoms. The minimum atomic E-state index is -0.515. The maximum absolute atomic E-state index is 10.0. The maximum atomic E-state index is 10.0. The van der Waals surface area contributed by atoms with Crippen LogP contribution in [0.25, 0.3) is 0 Å². The van der Waals surface area contributed by atoms with Crippen LogP contribution in [0.5, 0.6) is 5.75 Å². The second-order valence-corrected chi connectivity index (χ2v) is 5.33. The molecule has 5 heteroatoms. The predicted molar refractivity (Wildman–Crippen MR) is 84.4 cm³/mol. The van der Waals surface area contributed by atoms with Gasteiger partial charge in [0.25, 0.3) is 0 Å². The van der Waals surface area contributed by atoms with Gasteiger partial charge in [-0.15, -0.1) is 0 Å². The maximum Gasteiger partial charge on any atom is 0.144 e. The lowest BCUT2D eigenvalue weighted by Gasteiger charge is -2.14. The highest BCUT2D eigenvalue weighted by atomic mass is 32.1. The van der Waals surface area contributed by atoms with Gasteiger partial charge in [-0.2, -0.15) is 11.3 Å². The third-order valence-electron chi connectivity index (χ3n) is 2.90. The van der Waals surface area contributed by atoms with Crippen molar-refractivity contribution in [1.82, 2.24) is 0 Å². The fourth-order valence-corrected chi connectivity index (χ4v) is 2.49. The molecule has 4 N–H and O–H groups in total. The zero-order chi connectivity index (χ0) is 14.4.